The van der Waals surface area contributed by atoms with Crippen molar-refractivity contribution in [3.8, 4) is 5.75 Å². The molecule has 2 aromatic rings. The van der Waals surface area contributed by atoms with E-state index >= 15 is 0 Å². The molecule has 2 fully saturated rings. The number of phenols is 1. The number of carbonyl (C=O) groups excluding carboxylic acids is 1. The van der Waals surface area contributed by atoms with Crippen LogP contribution in [-0.4, -0.2) is 54.5 Å². The molecule has 1 N–H and O–H groups in total. The van der Waals surface area contributed by atoms with E-state index in [0.29, 0.717) is 25.2 Å². The molecule has 0 saturated carbocycles. The van der Waals surface area contributed by atoms with Crippen molar-refractivity contribution in [2.24, 2.45) is 11.8 Å². The minimum absolute atomic E-state index is 0.0724. The summed E-state index contributed by atoms with van der Waals surface area (Å²) in [6, 6.07) is 15.6. The second-order valence-electron chi connectivity index (χ2n) is 7.37. The number of likely N-dealkylation sites (tertiary alicyclic amines) is 1. The summed E-state index contributed by atoms with van der Waals surface area (Å²) in [7, 11) is -3.33. The number of sulfonamides is 1. The number of phenolic OH excluding ortho intramolecular Hbond substituents is 1. The van der Waals surface area contributed by atoms with E-state index in [9.17, 15) is 18.3 Å². The van der Waals surface area contributed by atoms with Crippen molar-refractivity contribution in [1.82, 2.24) is 9.21 Å². The normalized spacial score (nSPS) is 25.5. The molecule has 0 spiro atoms. The number of benzene rings is 2. The van der Waals surface area contributed by atoms with Gasteiger partial charge in [-0.15, -0.1) is 0 Å². The van der Waals surface area contributed by atoms with E-state index < -0.39 is 10.0 Å². The minimum atomic E-state index is -3.33. The van der Waals surface area contributed by atoms with Crippen molar-refractivity contribution in [3.63, 3.8) is 0 Å². The molecule has 142 valence electrons. The average Bonchev–Trinajstić information content (AvgIpc) is 3.20. The number of fused-ring (bicyclic) bond motifs is 1. The molecule has 2 heterocycles. The molecule has 2 aliphatic rings. The van der Waals surface area contributed by atoms with Crippen LogP contribution in [0.1, 0.15) is 22.0 Å². The lowest BCUT2D eigenvalue weighted by Gasteiger charge is -2.28. The molecule has 1 amide bonds. The number of rotatable bonds is 3. The fourth-order valence-corrected chi connectivity index (χ4v) is 5.52. The van der Waals surface area contributed by atoms with Crippen molar-refractivity contribution in [2.45, 2.75) is 6.04 Å². The second kappa shape index (κ2) is 6.65. The number of carbonyl (C=O) groups is 1. The Morgan fingerprint density at radius 1 is 1.00 bits per heavy atom. The van der Waals surface area contributed by atoms with Crippen LogP contribution in [0.5, 0.6) is 5.75 Å². The van der Waals surface area contributed by atoms with Crippen molar-refractivity contribution in [2.75, 3.05) is 25.9 Å². The third-order valence-corrected chi connectivity index (χ3v) is 6.82. The molecular formula is C20H22N2O4S. The van der Waals surface area contributed by atoms with Crippen LogP contribution >= 0.6 is 0 Å². The largest absolute Gasteiger partial charge is 0.508 e. The highest BCUT2D eigenvalue weighted by Gasteiger charge is 2.51. The van der Waals surface area contributed by atoms with Crippen molar-refractivity contribution < 1.29 is 18.3 Å². The smallest absolute Gasteiger partial charge is 0.253 e. The summed E-state index contributed by atoms with van der Waals surface area (Å²) in [5, 5.41) is 9.41. The topological polar surface area (TPSA) is 77.9 Å². The SMILES string of the molecule is CS(=O)(=O)N1C[C@H]2CN(C(=O)c3ccc(O)cc3)C[C@H]2[C@@H]1c1ccccc1. The first kappa shape index (κ1) is 18.0. The summed E-state index contributed by atoms with van der Waals surface area (Å²) in [6.45, 7) is 1.50. The van der Waals surface area contributed by atoms with E-state index in [1.54, 1.807) is 21.3 Å². The van der Waals surface area contributed by atoms with Crippen LogP contribution in [-0.2, 0) is 10.0 Å². The van der Waals surface area contributed by atoms with E-state index in [0.717, 1.165) is 5.56 Å². The lowest BCUT2D eigenvalue weighted by atomic mass is 9.90. The summed E-state index contributed by atoms with van der Waals surface area (Å²) in [4.78, 5) is 14.6. The predicted molar refractivity (Wildman–Crippen MR) is 102 cm³/mol. The molecular weight excluding hydrogens is 364 g/mol. The average molecular weight is 386 g/mol. The van der Waals surface area contributed by atoms with Crippen LogP contribution in [0.15, 0.2) is 54.6 Å². The third-order valence-electron chi connectivity index (χ3n) is 5.59. The van der Waals surface area contributed by atoms with Gasteiger partial charge in [-0.3, -0.25) is 4.79 Å². The highest BCUT2D eigenvalue weighted by Crippen LogP contribution is 2.46. The van der Waals surface area contributed by atoms with Gasteiger partial charge in [-0.2, -0.15) is 4.31 Å². The molecule has 0 unspecified atom stereocenters. The van der Waals surface area contributed by atoms with Crippen LogP contribution in [0.3, 0.4) is 0 Å². The van der Waals surface area contributed by atoms with Gasteiger partial charge < -0.3 is 10.0 Å². The summed E-state index contributed by atoms with van der Waals surface area (Å²) in [5.41, 5.74) is 1.50. The maximum absolute atomic E-state index is 12.8. The molecule has 0 aromatic heterocycles. The first-order valence-electron chi connectivity index (χ1n) is 8.94. The van der Waals surface area contributed by atoms with E-state index in [4.69, 9.17) is 0 Å². The number of hydrogen-bond acceptors (Lipinski definition) is 4. The predicted octanol–water partition coefficient (Wildman–Crippen LogP) is 2.10. The Labute approximate surface area is 159 Å². The number of amides is 1. The van der Waals surface area contributed by atoms with Gasteiger partial charge in [-0.05, 0) is 35.7 Å². The van der Waals surface area contributed by atoms with Crippen molar-refractivity contribution in [3.05, 3.63) is 65.7 Å². The fraction of sp³-hybridized carbons (Fsp3) is 0.350. The van der Waals surface area contributed by atoms with Gasteiger partial charge in [0.05, 0.1) is 12.3 Å². The summed E-state index contributed by atoms with van der Waals surface area (Å²) >= 11 is 0. The zero-order valence-corrected chi connectivity index (χ0v) is 15.8. The molecule has 2 aromatic carbocycles. The molecule has 0 bridgehead atoms. The quantitative estimate of drug-likeness (QED) is 0.876. The van der Waals surface area contributed by atoms with Gasteiger partial charge in [-0.25, -0.2) is 8.42 Å². The van der Waals surface area contributed by atoms with Gasteiger partial charge >= 0.3 is 0 Å². The van der Waals surface area contributed by atoms with Crippen molar-refractivity contribution in [1.29, 1.82) is 0 Å². The standard InChI is InChI=1S/C20H22N2O4S/c1-27(25,26)22-12-16-11-21(20(24)15-7-9-17(23)10-8-15)13-18(16)19(22)14-5-3-2-4-6-14/h2-10,16,18-19,23H,11-13H2,1H3/t16-,18-,19+/m1/s1. The van der Waals surface area contributed by atoms with Gasteiger partial charge in [0.25, 0.3) is 5.91 Å². The van der Waals surface area contributed by atoms with Gasteiger partial charge in [-0.1, -0.05) is 30.3 Å². The van der Waals surface area contributed by atoms with Crippen LogP contribution in [0, 0.1) is 11.8 Å². The van der Waals surface area contributed by atoms with Crippen LogP contribution in [0.2, 0.25) is 0 Å². The Morgan fingerprint density at radius 3 is 2.30 bits per heavy atom. The molecule has 0 aliphatic carbocycles. The number of aromatic hydroxyl groups is 1. The molecule has 27 heavy (non-hydrogen) atoms. The van der Waals surface area contributed by atoms with Gasteiger partial charge in [0.15, 0.2) is 0 Å². The maximum Gasteiger partial charge on any atom is 0.253 e. The lowest BCUT2D eigenvalue weighted by molar-refractivity contribution is 0.0774. The first-order valence-corrected chi connectivity index (χ1v) is 10.8. The third kappa shape index (κ3) is 3.33. The van der Waals surface area contributed by atoms with E-state index in [-0.39, 0.29) is 29.5 Å². The highest BCUT2D eigenvalue weighted by atomic mass is 32.2. The maximum atomic E-state index is 12.8. The summed E-state index contributed by atoms with van der Waals surface area (Å²) in [5.74, 6) is 0.231. The first-order chi connectivity index (χ1) is 12.8. The molecule has 2 aliphatic heterocycles. The molecule has 3 atom stereocenters. The number of hydrogen-bond donors (Lipinski definition) is 1. The van der Waals surface area contributed by atoms with Gasteiger partial charge in [0.1, 0.15) is 5.75 Å². The summed E-state index contributed by atoms with van der Waals surface area (Å²) in [6.07, 6.45) is 1.25. The summed E-state index contributed by atoms with van der Waals surface area (Å²) < 4.78 is 26.3. The van der Waals surface area contributed by atoms with E-state index in [1.165, 1.54) is 18.4 Å². The number of nitrogens with zero attached hydrogens (tertiary/aromatic N) is 2. The molecule has 2 saturated heterocycles. The van der Waals surface area contributed by atoms with E-state index in [1.807, 2.05) is 30.3 Å². The van der Waals surface area contributed by atoms with E-state index in [2.05, 4.69) is 0 Å². The Bertz CT molecular complexity index is 944. The zero-order chi connectivity index (χ0) is 19.2. The minimum Gasteiger partial charge on any atom is -0.508 e. The van der Waals surface area contributed by atoms with Gasteiger partial charge in [0, 0.05) is 31.1 Å². The Morgan fingerprint density at radius 2 is 1.67 bits per heavy atom. The van der Waals surface area contributed by atoms with Crippen LogP contribution < -0.4 is 0 Å². The van der Waals surface area contributed by atoms with Crippen LogP contribution in [0.25, 0.3) is 0 Å². The van der Waals surface area contributed by atoms with Crippen LogP contribution in [0.4, 0.5) is 0 Å². The Balaban J connectivity index is 1.61. The monoisotopic (exact) mass is 386 g/mol. The Kier molecular flexibility index (Phi) is 4.44. The zero-order valence-electron chi connectivity index (χ0n) is 15.0. The second-order valence-corrected chi connectivity index (χ2v) is 9.30. The van der Waals surface area contributed by atoms with Gasteiger partial charge in [0.2, 0.25) is 10.0 Å². The molecule has 7 heteroatoms. The van der Waals surface area contributed by atoms with Crippen molar-refractivity contribution >= 4 is 15.9 Å². The lowest BCUT2D eigenvalue weighted by Crippen LogP contribution is -2.37. The molecule has 4 rings (SSSR count). The molecule has 0 radical (unpaired) electrons. The molecule has 6 nitrogen and oxygen atoms in total. The fourth-order valence-electron chi connectivity index (χ4n) is 4.36. The Hall–Kier alpha value is -2.38. The highest BCUT2D eigenvalue weighted by molar-refractivity contribution is 7.88.